The molecule has 2 nitrogen and oxygen atoms in total. The highest BCUT2D eigenvalue weighted by Crippen LogP contribution is 2.51. The van der Waals surface area contributed by atoms with Crippen LogP contribution in [0.1, 0.15) is 49.9 Å². The lowest BCUT2D eigenvalue weighted by atomic mass is 9.60. The van der Waals surface area contributed by atoms with E-state index in [2.05, 4.69) is 170 Å². The average Bonchev–Trinajstić information content (AvgIpc) is 3.57. The topological polar surface area (TPSA) is 9.86 Å². The fraction of sp³-hybridized carbons (Fsp3) is 0.143. The molecule has 0 amide bonds. The van der Waals surface area contributed by atoms with Crippen LogP contribution < -0.4 is 0 Å². The van der Waals surface area contributed by atoms with Crippen molar-refractivity contribution in [1.82, 2.24) is 9.13 Å². The van der Waals surface area contributed by atoms with Gasteiger partial charge in [0.1, 0.15) is 0 Å². The highest BCUT2D eigenvalue weighted by atomic mass is 15.0. The molecular formula is C42H34N2. The Morgan fingerprint density at radius 2 is 0.636 bits per heavy atom. The Hall–Kier alpha value is -5.08. The molecule has 212 valence electrons. The molecule has 0 spiro atoms. The van der Waals surface area contributed by atoms with Gasteiger partial charge in [-0.15, -0.1) is 0 Å². The van der Waals surface area contributed by atoms with Crippen molar-refractivity contribution in [3.8, 4) is 11.4 Å². The first-order valence-electron chi connectivity index (χ1n) is 15.6. The van der Waals surface area contributed by atoms with Gasteiger partial charge in [0.15, 0.2) is 0 Å². The van der Waals surface area contributed by atoms with E-state index in [4.69, 9.17) is 0 Å². The van der Waals surface area contributed by atoms with Gasteiger partial charge in [-0.1, -0.05) is 113 Å². The van der Waals surface area contributed by atoms with Gasteiger partial charge in [0.05, 0.1) is 22.1 Å². The molecule has 0 bridgehead atoms. The van der Waals surface area contributed by atoms with Gasteiger partial charge in [-0.25, -0.2) is 0 Å². The molecule has 0 atom stereocenters. The molecule has 0 fully saturated rings. The summed E-state index contributed by atoms with van der Waals surface area (Å²) in [6, 6.07) is 49.5. The van der Waals surface area contributed by atoms with E-state index in [9.17, 15) is 0 Å². The maximum absolute atomic E-state index is 2.46. The summed E-state index contributed by atoms with van der Waals surface area (Å²) in [6.07, 6.45) is 0. The molecular weight excluding hydrogens is 532 g/mol. The van der Waals surface area contributed by atoms with Crippen LogP contribution in [0.4, 0.5) is 0 Å². The van der Waals surface area contributed by atoms with Crippen LogP contribution in [-0.4, -0.2) is 9.13 Å². The number of para-hydroxylation sites is 4. The van der Waals surface area contributed by atoms with Crippen molar-refractivity contribution in [2.24, 2.45) is 0 Å². The molecule has 8 aromatic rings. The van der Waals surface area contributed by atoms with E-state index in [1.54, 1.807) is 0 Å². The highest BCUT2D eigenvalue weighted by Gasteiger charge is 2.42. The second kappa shape index (κ2) is 8.74. The molecule has 1 aliphatic rings. The second-order valence-electron chi connectivity index (χ2n) is 13.4. The standard InChI is InChI=1S/C42H34N2/c1-41(2)33-23-21-28(44-39-19-11-7-15-31(39)32-16-8-12-20-40(32)44)26-36(33)42(3,4)34-24-22-27(25-35(34)41)43-37-17-9-5-13-29(37)30-14-6-10-18-38(30)43/h5-26H,1-4H3. The molecule has 2 heteroatoms. The van der Waals surface area contributed by atoms with Crippen LogP contribution in [0.25, 0.3) is 55.0 Å². The van der Waals surface area contributed by atoms with Crippen LogP contribution >= 0.6 is 0 Å². The van der Waals surface area contributed by atoms with Crippen molar-refractivity contribution >= 4 is 43.6 Å². The summed E-state index contributed by atoms with van der Waals surface area (Å²) in [5.74, 6) is 0. The lowest BCUT2D eigenvalue weighted by molar-refractivity contribution is 0.520. The van der Waals surface area contributed by atoms with Crippen molar-refractivity contribution in [3.63, 3.8) is 0 Å². The number of fused-ring (bicyclic) bond motifs is 8. The summed E-state index contributed by atoms with van der Waals surface area (Å²) >= 11 is 0. The van der Waals surface area contributed by atoms with E-state index in [0.29, 0.717) is 0 Å². The summed E-state index contributed by atoms with van der Waals surface area (Å²) in [4.78, 5) is 0. The molecule has 9 rings (SSSR count). The van der Waals surface area contributed by atoms with Gasteiger partial charge < -0.3 is 9.13 Å². The number of aromatic nitrogens is 2. The first kappa shape index (κ1) is 25.4. The van der Waals surface area contributed by atoms with Crippen LogP contribution in [0.5, 0.6) is 0 Å². The number of hydrogen-bond acceptors (Lipinski definition) is 0. The van der Waals surface area contributed by atoms with Crippen molar-refractivity contribution in [1.29, 1.82) is 0 Å². The van der Waals surface area contributed by atoms with Gasteiger partial charge in [-0.2, -0.15) is 0 Å². The van der Waals surface area contributed by atoms with Gasteiger partial charge in [0, 0.05) is 43.7 Å². The molecule has 0 radical (unpaired) electrons. The number of nitrogens with zero attached hydrogens (tertiary/aromatic N) is 2. The first-order chi connectivity index (χ1) is 21.4. The summed E-state index contributed by atoms with van der Waals surface area (Å²) in [7, 11) is 0. The zero-order valence-corrected chi connectivity index (χ0v) is 25.6. The van der Waals surface area contributed by atoms with Crippen LogP contribution in [-0.2, 0) is 10.8 Å². The Morgan fingerprint density at radius 1 is 0.341 bits per heavy atom. The quantitative estimate of drug-likeness (QED) is 0.197. The number of benzene rings is 6. The summed E-state index contributed by atoms with van der Waals surface area (Å²) in [5.41, 5.74) is 12.7. The van der Waals surface area contributed by atoms with Crippen molar-refractivity contribution in [2.45, 2.75) is 38.5 Å². The summed E-state index contributed by atoms with van der Waals surface area (Å²) < 4.78 is 4.88. The van der Waals surface area contributed by atoms with Crippen LogP contribution in [0, 0.1) is 0 Å². The maximum Gasteiger partial charge on any atom is 0.0541 e. The van der Waals surface area contributed by atoms with Crippen molar-refractivity contribution in [2.75, 3.05) is 0 Å². The molecule has 1 aliphatic carbocycles. The predicted octanol–water partition coefficient (Wildman–Crippen LogP) is 10.8. The monoisotopic (exact) mass is 566 g/mol. The van der Waals surface area contributed by atoms with E-state index in [0.717, 1.165) is 0 Å². The number of rotatable bonds is 2. The smallest absolute Gasteiger partial charge is 0.0541 e. The third-order valence-corrected chi connectivity index (χ3v) is 10.4. The Labute approximate surface area is 257 Å². The zero-order valence-electron chi connectivity index (χ0n) is 25.6. The minimum absolute atomic E-state index is 0.158. The third kappa shape index (κ3) is 3.26. The van der Waals surface area contributed by atoms with Gasteiger partial charge in [-0.3, -0.25) is 0 Å². The van der Waals surface area contributed by atoms with E-state index in [-0.39, 0.29) is 10.8 Å². The van der Waals surface area contributed by atoms with Crippen LogP contribution in [0.2, 0.25) is 0 Å². The molecule has 6 aromatic carbocycles. The van der Waals surface area contributed by atoms with Crippen LogP contribution in [0.3, 0.4) is 0 Å². The average molecular weight is 567 g/mol. The van der Waals surface area contributed by atoms with Gasteiger partial charge >= 0.3 is 0 Å². The van der Waals surface area contributed by atoms with E-state index < -0.39 is 0 Å². The summed E-state index contributed by atoms with van der Waals surface area (Å²) in [5, 5.41) is 5.18. The lowest BCUT2D eigenvalue weighted by Gasteiger charge is -2.44. The molecule has 2 aromatic heterocycles. The molecule has 44 heavy (non-hydrogen) atoms. The first-order valence-corrected chi connectivity index (χ1v) is 15.6. The maximum atomic E-state index is 2.46. The van der Waals surface area contributed by atoms with E-state index in [1.165, 1.54) is 77.2 Å². The fourth-order valence-electron chi connectivity index (χ4n) is 8.16. The lowest BCUT2D eigenvalue weighted by Crippen LogP contribution is -2.36. The van der Waals surface area contributed by atoms with Gasteiger partial charge in [0.25, 0.3) is 0 Å². The van der Waals surface area contributed by atoms with Gasteiger partial charge in [-0.05, 0) is 70.8 Å². The molecule has 0 N–H and O–H groups in total. The van der Waals surface area contributed by atoms with E-state index >= 15 is 0 Å². The zero-order chi connectivity index (χ0) is 29.8. The van der Waals surface area contributed by atoms with Gasteiger partial charge in [0.2, 0.25) is 0 Å². The largest absolute Gasteiger partial charge is 0.309 e. The third-order valence-electron chi connectivity index (χ3n) is 10.4. The normalized spacial score (nSPS) is 15.2. The van der Waals surface area contributed by atoms with Crippen molar-refractivity contribution in [3.05, 3.63) is 156 Å². The highest BCUT2D eigenvalue weighted by molar-refractivity contribution is 6.10. The molecule has 0 aliphatic heterocycles. The van der Waals surface area contributed by atoms with Crippen molar-refractivity contribution < 1.29 is 0 Å². The molecule has 0 unspecified atom stereocenters. The molecule has 0 saturated heterocycles. The second-order valence-corrected chi connectivity index (χ2v) is 13.4. The Balaban J connectivity index is 1.25. The Bertz CT molecular complexity index is 2170. The molecule has 0 saturated carbocycles. The van der Waals surface area contributed by atoms with Crippen LogP contribution in [0.15, 0.2) is 133 Å². The summed E-state index contributed by atoms with van der Waals surface area (Å²) in [6.45, 7) is 9.59. The number of hydrogen-bond donors (Lipinski definition) is 0. The predicted molar refractivity (Wildman–Crippen MR) is 186 cm³/mol. The Kier molecular flexibility index (Phi) is 5.05. The molecule has 2 heterocycles. The minimum Gasteiger partial charge on any atom is -0.309 e. The Morgan fingerprint density at radius 3 is 0.955 bits per heavy atom. The minimum atomic E-state index is -0.158. The fourth-order valence-corrected chi connectivity index (χ4v) is 8.16. The SMILES string of the molecule is CC1(C)c2ccc(-n3c4ccccc4c4ccccc43)cc2C(C)(C)c2ccc(-n3c4ccccc4c4ccccc43)cc21. The van der Waals surface area contributed by atoms with E-state index in [1.807, 2.05) is 0 Å².